The quantitative estimate of drug-likeness (QED) is 0.575. The van der Waals surface area contributed by atoms with Crippen LogP contribution in [0.1, 0.15) is 39.0 Å². The lowest BCUT2D eigenvalue weighted by atomic mass is 9.67. The summed E-state index contributed by atoms with van der Waals surface area (Å²) in [5, 5.41) is 0. The van der Waals surface area contributed by atoms with Gasteiger partial charge in [-0.25, -0.2) is 0 Å². The maximum absolute atomic E-state index is 12.3. The number of rotatable bonds is 1. The number of halogens is 3. The van der Waals surface area contributed by atoms with Crippen LogP contribution in [0.2, 0.25) is 0 Å². The van der Waals surface area contributed by atoms with Crippen LogP contribution in [0.25, 0.3) is 0 Å². The van der Waals surface area contributed by atoms with Crippen molar-refractivity contribution in [2.45, 2.75) is 45.2 Å². The van der Waals surface area contributed by atoms with Crippen molar-refractivity contribution >= 4 is 0 Å². The zero-order chi connectivity index (χ0) is 11.1. The molecule has 3 heteroatoms. The van der Waals surface area contributed by atoms with Gasteiger partial charge in [-0.1, -0.05) is 25.0 Å². The molecular formula is C12H17F3. The molecule has 15 heavy (non-hydrogen) atoms. The zero-order valence-corrected chi connectivity index (χ0v) is 8.98. The number of allylic oxidation sites excluding steroid dienone is 2. The van der Waals surface area contributed by atoms with Gasteiger partial charge in [0.05, 0.1) is 6.42 Å². The highest BCUT2D eigenvalue weighted by Gasteiger charge is 2.37. The molecule has 2 bridgehead atoms. The summed E-state index contributed by atoms with van der Waals surface area (Å²) in [5.41, 5.74) is 0.642. The van der Waals surface area contributed by atoms with Gasteiger partial charge in [0.25, 0.3) is 0 Å². The van der Waals surface area contributed by atoms with Gasteiger partial charge < -0.3 is 0 Å². The van der Waals surface area contributed by atoms with Crippen molar-refractivity contribution in [1.29, 1.82) is 0 Å². The molecule has 0 N–H and O–H groups in total. The summed E-state index contributed by atoms with van der Waals surface area (Å²) < 4.78 is 37.0. The van der Waals surface area contributed by atoms with Gasteiger partial charge in [-0.15, -0.1) is 0 Å². The Morgan fingerprint density at radius 3 is 2.73 bits per heavy atom. The first kappa shape index (κ1) is 11.0. The van der Waals surface area contributed by atoms with E-state index < -0.39 is 12.6 Å². The Morgan fingerprint density at radius 1 is 1.33 bits per heavy atom. The highest BCUT2D eigenvalue weighted by atomic mass is 19.4. The molecule has 1 fully saturated rings. The van der Waals surface area contributed by atoms with Crippen LogP contribution in [0.4, 0.5) is 13.2 Å². The van der Waals surface area contributed by atoms with E-state index in [1.165, 1.54) is 6.42 Å². The third-order valence-corrected chi connectivity index (χ3v) is 3.90. The second-order valence-electron chi connectivity index (χ2n) is 5.01. The molecule has 2 aliphatic rings. The lowest BCUT2D eigenvalue weighted by Gasteiger charge is -2.38. The normalized spacial score (nSPS) is 36.3. The molecule has 0 heterocycles. The van der Waals surface area contributed by atoms with Crippen LogP contribution in [0.5, 0.6) is 0 Å². The van der Waals surface area contributed by atoms with E-state index in [0.717, 1.165) is 19.3 Å². The number of alkyl halides is 3. The van der Waals surface area contributed by atoms with Crippen molar-refractivity contribution in [2.24, 2.45) is 17.8 Å². The third kappa shape index (κ3) is 2.56. The van der Waals surface area contributed by atoms with E-state index in [1.54, 1.807) is 0 Å². The highest BCUT2D eigenvalue weighted by molar-refractivity contribution is 5.15. The Morgan fingerprint density at radius 2 is 2.07 bits per heavy atom. The molecule has 2 rings (SSSR count). The van der Waals surface area contributed by atoms with Crippen molar-refractivity contribution < 1.29 is 13.2 Å². The van der Waals surface area contributed by atoms with E-state index in [2.05, 4.69) is 0 Å². The largest absolute Gasteiger partial charge is 0.392 e. The van der Waals surface area contributed by atoms with E-state index >= 15 is 0 Å². The highest BCUT2D eigenvalue weighted by Crippen LogP contribution is 2.45. The fourth-order valence-electron chi connectivity index (χ4n) is 3.08. The molecule has 0 radical (unpaired) electrons. The van der Waals surface area contributed by atoms with Crippen molar-refractivity contribution in [2.75, 3.05) is 0 Å². The van der Waals surface area contributed by atoms with Crippen LogP contribution in [-0.2, 0) is 0 Å². The minimum atomic E-state index is -4.04. The van der Waals surface area contributed by atoms with E-state index in [-0.39, 0.29) is 5.92 Å². The van der Waals surface area contributed by atoms with E-state index in [9.17, 15) is 13.2 Å². The first-order chi connectivity index (χ1) is 6.96. The molecule has 0 spiro atoms. The van der Waals surface area contributed by atoms with Gasteiger partial charge in [-0.3, -0.25) is 0 Å². The second-order valence-corrected chi connectivity index (χ2v) is 5.01. The lowest BCUT2D eigenvalue weighted by molar-refractivity contribution is -0.129. The average Bonchev–Trinajstić information content (AvgIpc) is 2.12. The fraction of sp³-hybridized carbons (Fsp3) is 0.833. The SMILES string of the molecule is C[C@H]1C(CC(F)(F)F)=CC2CCCC1C2. The molecular weight excluding hydrogens is 201 g/mol. The summed E-state index contributed by atoms with van der Waals surface area (Å²) in [6.45, 7) is 1.96. The van der Waals surface area contributed by atoms with Crippen LogP contribution in [0, 0.1) is 17.8 Å². The van der Waals surface area contributed by atoms with Crippen molar-refractivity contribution in [3.05, 3.63) is 11.6 Å². The van der Waals surface area contributed by atoms with Crippen LogP contribution >= 0.6 is 0 Å². The van der Waals surface area contributed by atoms with Crippen molar-refractivity contribution in [3.63, 3.8) is 0 Å². The Hall–Kier alpha value is -0.470. The monoisotopic (exact) mass is 218 g/mol. The predicted molar refractivity (Wildman–Crippen MR) is 53.4 cm³/mol. The molecule has 0 aromatic heterocycles. The van der Waals surface area contributed by atoms with Gasteiger partial charge >= 0.3 is 6.18 Å². The van der Waals surface area contributed by atoms with Crippen LogP contribution in [-0.4, -0.2) is 6.18 Å². The Kier molecular flexibility index (Phi) is 2.82. The van der Waals surface area contributed by atoms with Crippen LogP contribution in [0.3, 0.4) is 0 Å². The molecule has 2 aliphatic carbocycles. The van der Waals surface area contributed by atoms with Gasteiger partial charge in [-0.05, 0) is 37.0 Å². The topological polar surface area (TPSA) is 0 Å². The van der Waals surface area contributed by atoms with E-state index in [4.69, 9.17) is 0 Å². The summed E-state index contributed by atoms with van der Waals surface area (Å²) in [6, 6.07) is 0. The second kappa shape index (κ2) is 3.84. The number of hydrogen-bond acceptors (Lipinski definition) is 0. The lowest BCUT2D eigenvalue weighted by Crippen LogP contribution is -2.28. The Labute approximate surface area is 88.5 Å². The zero-order valence-electron chi connectivity index (χ0n) is 8.98. The molecule has 0 amide bonds. The molecule has 0 aromatic carbocycles. The maximum Gasteiger partial charge on any atom is 0.392 e. The summed E-state index contributed by atoms with van der Waals surface area (Å²) in [5.74, 6) is 1.08. The first-order valence-electron chi connectivity index (χ1n) is 5.73. The maximum atomic E-state index is 12.3. The molecule has 86 valence electrons. The molecule has 2 unspecified atom stereocenters. The van der Waals surface area contributed by atoms with Gasteiger partial charge in [0.1, 0.15) is 0 Å². The van der Waals surface area contributed by atoms with E-state index in [0.29, 0.717) is 17.4 Å². The molecule has 0 nitrogen and oxygen atoms in total. The molecule has 0 saturated heterocycles. The summed E-state index contributed by atoms with van der Waals surface area (Å²) in [7, 11) is 0. The van der Waals surface area contributed by atoms with Gasteiger partial charge in [0.2, 0.25) is 0 Å². The van der Waals surface area contributed by atoms with Gasteiger partial charge in [0, 0.05) is 0 Å². The molecule has 3 atom stereocenters. The van der Waals surface area contributed by atoms with Crippen LogP contribution in [0.15, 0.2) is 11.6 Å². The Bertz CT molecular complexity index is 265. The van der Waals surface area contributed by atoms with Gasteiger partial charge in [-0.2, -0.15) is 13.2 Å². The van der Waals surface area contributed by atoms with Crippen LogP contribution < -0.4 is 0 Å². The minimum absolute atomic E-state index is 0.142. The molecule has 1 saturated carbocycles. The summed E-state index contributed by atoms with van der Waals surface area (Å²) in [6.07, 6.45) is 1.69. The van der Waals surface area contributed by atoms with Gasteiger partial charge in [0.15, 0.2) is 0 Å². The third-order valence-electron chi connectivity index (χ3n) is 3.90. The van der Waals surface area contributed by atoms with E-state index in [1.807, 2.05) is 13.0 Å². The standard InChI is InChI=1S/C12H17F3/c1-8-10-4-2-3-9(5-10)6-11(8)7-12(13,14)15/h6,8-10H,2-5,7H2,1H3/t8-,9?,10?/m1/s1. The fourth-order valence-corrected chi connectivity index (χ4v) is 3.08. The Balaban J connectivity index is 2.13. The predicted octanol–water partition coefficient (Wildman–Crippen LogP) is 4.32. The number of fused-ring (bicyclic) bond motifs is 2. The molecule has 0 aromatic rings. The van der Waals surface area contributed by atoms with Crippen molar-refractivity contribution in [1.82, 2.24) is 0 Å². The molecule has 0 aliphatic heterocycles. The first-order valence-corrected chi connectivity index (χ1v) is 5.73. The smallest absolute Gasteiger partial charge is 0.171 e. The van der Waals surface area contributed by atoms with Crippen molar-refractivity contribution in [3.8, 4) is 0 Å². The number of hydrogen-bond donors (Lipinski definition) is 0. The summed E-state index contributed by atoms with van der Waals surface area (Å²) >= 11 is 0. The summed E-state index contributed by atoms with van der Waals surface area (Å²) in [4.78, 5) is 0. The minimum Gasteiger partial charge on any atom is -0.171 e. The average molecular weight is 218 g/mol.